The van der Waals surface area contributed by atoms with Crippen LogP contribution in [0.3, 0.4) is 0 Å². The number of nitriles is 1. The van der Waals surface area contributed by atoms with Crippen molar-refractivity contribution in [3.05, 3.63) is 63.0 Å². The second-order valence-corrected chi connectivity index (χ2v) is 8.65. The molecular weight excluding hydrogens is 382 g/mol. The molecule has 2 aromatic heterocycles. The minimum Gasteiger partial charge on any atom is -0.370 e. The maximum absolute atomic E-state index is 12.4. The Bertz CT molecular complexity index is 1120. The lowest BCUT2D eigenvalue weighted by Crippen LogP contribution is -2.37. The molecule has 1 aliphatic heterocycles. The lowest BCUT2D eigenvalue weighted by Gasteiger charge is -2.34. The number of para-hydroxylation sites is 1. The molecule has 0 saturated carbocycles. The Labute approximate surface area is 174 Å². The van der Waals surface area contributed by atoms with Crippen LogP contribution in [0.15, 0.2) is 41.2 Å². The standard InChI is InChI=1S/C22H23N5OS/c1-15-22(29-16(2)24-15)19-7-8-21(28)27(25-19)14-17-9-11-26(12-10-17)20-6-4-3-5-18(20)13-23/h3-8,17H,9-12,14H2,1-2H3. The van der Waals surface area contributed by atoms with Gasteiger partial charge in [-0.05, 0) is 50.8 Å². The second-order valence-electron chi connectivity index (χ2n) is 7.45. The molecule has 1 fully saturated rings. The molecule has 148 valence electrons. The van der Waals surface area contributed by atoms with E-state index in [1.165, 1.54) is 0 Å². The maximum atomic E-state index is 12.4. The third-order valence-electron chi connectivity index (χ3n) is 5.41. The van der Waals surface area contributed by atoms with Crippen molar-refractivity contribution in [3.8, 4) is 16.6 Å². The van der Waals surface area contributed by atoms with Crippen LogP contribution in [0.1, 0.15) is 29.1 Å². The molecule has 7 heteroatoms. The van der Waals surface area contributed by atoms with Crippen LogP contribution in [0.4, 0.5) is 5.69 Å². The monoisotopic (exact) mass is 405 g/mol. The highest BCUT2D eigenvalue weighted by Gasteiger charge is 2.22. The Morgan fingerprint density at radius 3 is 2.62 bits per heavy atom. The summed E-state index contributed by atoms with van der Waals surface area (Å²) in [5.41, 5.74) is 3.42. The van der Waals surface area contributed by atoms with Crippen LogP contribution in [0.25, 0.3) is 10.6 Å². The first-order valence-corrected chi connectivity index (χ1v) is 10.6. The largest absolute Gasteiger partial charge is 0.370 e. The summed E-state index contributed by atoms with van der Waals surface area (Å²) in [5.74, 6) is 0.394. The number of benzene rings is 1. The summed E-state index contributed by atoms with van der Waals surface area (Å²) in [4.78, 5) is 20.1. The molecule has 0 bridgehead atoms. The van der Waals surface area contributed by atoms with E-state index in [-0.39, 0.29) is 5.56 Å². The van der Waals surface area contributed by atoms with Crippen molar-refractivity contribution in [2.24, 2.45) is 5.92 Å². The SMILES string of the molecule is Cc1nc(C)c(-c2ccc(=O)n(CC3CCN(c4ccccc4C#N)CC3)n2)s1. The predicted octanol–water partition coefficient (Wildman–Crippen LogP) is 3.77. The van der Waals surface area contributed by atoms with E-state index in [0.29, 0.717) is 18.0 Å². The van der Waals surface area contributed by atoms with Gasteiger partial charge < -0.3 is 4.90 Å². The van der Waals surface area contributed by atoms with Crippen molar-refractivity contribution in [2.45, 2.75) is 33.2 Å². The topological polar surface area (TPSA) is 74.8 Å². The number of rotatable bonds is 4. The van der Waals surface area contributed by atoms with E-state index in [1.807, 2.05) is 38.1 Å². The molecule has 0 spiro atoms. The molecular formula is C22H23N5OS. The van der Waals surface area contributed by atoms with Crippen LogP contribution < -0.4 is 10.5 Å². The minimum absolute atomic E-state index is 0.0649. The van der Waals surface area contributed by atoms with Gasteiger partial charge in [0.2, 0.25) is 0 Å². The summed E-state index contributed by atoms with van der Waals surface area (Å²) in [6, 6.07) is 13.4. The van der Waals surface area contributed by atoms with Gasteiger partial charge in [0.1, 0.15) is 11.8 Å². The van der Waals surface area contributed by atoms with Gasteiger partial charge >= 0.3 is 0 Å². The van der Waals surface area contributed by atoms with Crippen molar-refractivity contribution in [1.29, 1.82) is 5.26 Å². The van der Waals surface area contributed by atoms with Crippen LogP contribution in [0, 0.1) is 31.1 Å². The number of hydrogen-bond acceptors (Lipinski definition) is 6. The molecule has 29 heavy (non-hydrogen) atoms. The van der Waals surface area contributed by atoms with Crippen LogP contribution in [-0.2, 0) is 6.54 Å². The van der Waals surface area contributed by atoms with Gasteiger partial charge in [-0.25, -0.2) is 9.67 Å². The Kier molecular flexibility index (Phi) is 5.45. The van der Waals surface area contributed by atoms with E-state index in [9.17, 15) is 10.1 Å². The van der Waals surface area contributed by atoms with Crippen molar-refractivity contribution < 1.29 is 0 Å². The Hall–Kier alpha value is -2.98. The second kappa shape index (κ2) is 8.18. The first kappa shape index (κ1) is 19.3. The summed E-state index contributed by atoms with van der Waals surface area (Å²) in [6.45, 7) is 6.34. The third-order valence-corrected chi connectivity index (χ3v) is 6.51. The fourth-order valence-corrected chi connectivity index (χ4v) is 4.80. The number of anilines is 1. The van der Waals surface area contributed by atoms with E-state index < -0.39 is 0 Å². The first-order valence-electron chi connectivity index (χ1n) is 9.82. The van der Waals surface area contributed by atoms with E-state index >= 15 is 0 Å². The number of nitrogens with zero attached hydrogens (tertiary/aromatic N) is 5. The van der Waals surface area contributed by atoms with Crippen LogP contribution in [0.2, 0.25) is 0 Å². The summed E-state index contributed by atoms with van der Waals surface area (Å²) in [5, 5.41) is 15.0. The molecule has 0 N–H and O–H groups in total. The van der Waals surface area contributed by atoms with Gasteiger partial charge in [0, 0.05) is 25.7 Å². The van der Waals surface area contributed by atoms with Crippen LogP contribution >= 0.6 is 11.3 Å². The van der Waals surface area contributed by atoms with Crippen molar-refractivity contribution >= 4 is 17.0 Å². The molecule has 0 radical (unpaired) electrons. The van der Waals surface area contributed by atoms with E-state index in [4.69, 9.17) is 0 Å². The van der Waals surface area contributed by atoms with Crippen LogP contribution in [-0.4, -0.2) is 27.9 Å². The zero-order chi connectivity index (χ0) is 20.4. The zero-order valence-electron chi connectivity index (χ0n) is 16.6. The van der Waals surface area contributed by atoms with Crippen LogP contribution in [0.5, 0.6) is 0 Å². The van der Waals surface area contributed by atoms with Gasteiger partial charge in [-0.3, -0.25) is 4.79 Å². The summed E-state index contributed by atoms with van der Waals surface area (Å²) in [7, 11) is 0. The molecule has 0 aliphatic carbocycles. The van der Waals surface area contributed by atoms with Gasteiger partial charge in [0.15, 0.2) is 0 Å². The molecule has 4 rings (SSSR count). The Morgan fingerprint density at radius 2 is 1.93 bits per heavy atom. The molecule has 0 atom stereocenters. The fourth-order valence-electron chi connectivity index (χ4n) is 3.91. The Balaban J connectivity index is 1.47. The normalized spacial score (nSPS) is 14.7. The Morgan fingerprint density at radius 1 is 1.17 bits per heavy atom. The number of hydrogen-bond donors (Lipinski definition) is 0. The molecule has 0 amide bonds. The van der Waals surface area contributed by atoms with Crippen molar-refractivity contribution in [3.63, 3.8) is 0 Å². The maximum Gasteiger partial charge on any atom is 0.266 e. The highest BCUT2D eigenvalue weighted by Crippen LogP contribution is 2.28. The highest BCUT2D eigenvalue weighted by atomic mass is 32.1. The van der Waals surface area contributed by atoms with Crippen molar-refractivity contribution in [2.75, 3.05) is 18.0 Å². The molecule has 0 unspecified atom stereocenters. The third kappa shape index (κ3) is 4.08. The predicted molar refractivity (Wildman–Crippen MR) is 115 cm³/mol. The molecule has 1 aromatic carbocycles. The average Bonchev–Trinajstić information content (AvgIpc) is 3.08. The molecule has 3 heterocycles. The van der Waals surface area contributed by atoms with Gasteiger partial charge in [0.05, 0.1) is 26.8 Å². The smallest absolute Gasteiger partial charge is 0.266 e. The lowest BCUT2D eigenvalue weighted by atomic mass is 9.96. The molecule has 1 saturated heterocycles. The van der Waals surface area contributed by atoms with Gasteiger partial charge in [0.25, 0.3) is 5.56 Å². The fraction of sp³-hybridized carbons (Fsp3) is 0.364. The van der Waals surface area contributed by atoms with Gasteiger partial charge in [-0.1, -0.05) is 12.1 Å². The number of thiazole rings is 1. The van der Waals surface area contributed by atoms with E-state index in [0.717, 1.165) is 52.9 Å². The van der Waals surface area contributed by atoms with E-state index in [1.54, 1.807) is 28.2 Å². The van der Waals surface area contributed by atoms with Gasteiger partial charge in [-0.2, -0.15) is 10.4 Å². The summed E-state index contributed by atoms with van der Waals surface area (Å²) in [6.07, 6.45) is 1.94. The number of piperidine rings is 1. The summed E-state index contributed by atoms with van der Waals surface area (Å²) >= 11 is 1.61. The number of aromatic nitrogens is 3. The minimum atomic E-state index is -0.0649. The zero-order valence-corrected chi connectivity index (χ0v) is 17.4. The van der Waals surface area contributed by atoms with E-state index in [2.05, 4.69) is 21.1 Å². The van der Waals surface area contributed by atoms with Crippen molar-refractivity contribution in [1.82, 2.24) is 14.8 Å². The lowest BCUT2D eigenvalue weighted by molar-refractivity contribution is 0.336. The highest BCUT2D eigenvalue weighted by molar-refractivity contribution is 7.15. The number of aryl methyl sites for hydroxylation is 2. The molecule has 1 aliphatic rings. The van der Waals surface area contributed by atoms with Gasteiger partial charge in [-0.15, -0.1) is 11.3 Å². The first-order chi connectivity index (χ1) is 14.0. The molecule has 3 aromatic rings. The quantitative estimate of drug-likeness (QED) is 0.660. The average molecular weight is 406 g/mol. The molecule has 6 nitrogen and oxygen atoms in total. The summed E-state index contributed by atoms with van der Waals surface area (Å²) < 4.78 is 1.60.